The van der Waals surface area contributed by atoms with Gasteiger partial charge in [-0.25, -0.2) is 4.98 Å². The van der Waals surface area contributed by atoms with Crippen molar-refractivity contribution in [3.63, 3.8) is 0 Å². The van der Waals surface area contributed by atoms with Gasteiger partial charge >= 0.3 is 0 Å². The van der Waals surface area contributed by atoms with Gasteiger partial charge in [0.05, 0.1) is 5.52 Å². The molecule has 4 aromatic rings. The molecule has 0 aliphatic rings. The largest absolute Gasteiger partial charge is 0.382 e. The minimum Gasteiger partial charge on any atom is -0.382 e. The highest BCUT2D eigenvalue weighted by atomic mass is 14.9. The lowest BCUT2D eigenvalue weighted by Gasteiger charge is -2.09. The first-order valence-electron chi connectivity index (χ1n) is 9.54. The Bertz CT molecular complexity index is 1110. The number of nitrogen functional groups attached to an aromatic ring is 1. The second-order valence-electron chi connectivity index (χ2n) is 7.65. The predicted molar refractivity (Wildman–Crippen MR) is 114 cm³/mol. The number of pyridine rings is 2. The van der Waals surface area contributed by atoms with E-state index in [1.165, 1.54) is 22.3 Å². The number of anilines is 1. The molecule has 0 atom stereocenters. The monoisotopic (exact) mass is 355 g/mol. The highest BCUT2D eigenvalue weighted by molar-refractivity contribution is 6.08. The third kappa shape index (κ3) is 3.50. The SMILES string of the molecule is Cc1ccc2c(c1)nc(N)c1ncc(CCc3ccc(C(C)C)cc3)cc12. The summed E-state index contributed by atoms with van der Waals surface area (Å²) in [5, 5.41) is 2.20. The van der Waals surface area contributed by atoms with Gasteiger partial charge in [0.15, 0.2) is 5.82 Å². The minimum atomic E-state index is 0.499. The van der Waals surface area contributed by atoms with Crippen molar-refractivity contribution in [1.29, 1.82) is 0 Å². The van der Waals surface area contributed by atoms with Crippen LogP contribution in [0, 0.1) is 6.92 Å². The summed E-state index contributed by atoms with van der Waals surface area (Å²) >= 11 is 0. The van der Waals surface area contributed by atoms with E-state index in [1.807, 2.05) is 6.20 Å². The molecule has 0 aliphatic heterocycles. The molecule has 2 N–H and O–H groups in total. The first-order chi connectivity index (χ1) is 13.0. The summed E-state index contributed by atoms with van der Waals surface area (Å²) < 4.78 is 0. The van der Waals surface area contributed by atoms with Crippen molar-refractivity contribution in [3.8, 4) is 0 Å². The lowest BCUT2D eigenvalue weighted by molar-refractivity contribution is 0.862. The van der Waals surface area contributed by atoms with Crippen molar-refractivity contribution in [2.75, 3.05) is 5.73 Å². The van der Waals surface area contributed by atoms with E-state index in [-0.39, 0.29) is 0 Å². The standard InChI is InChI=1S/C24H25N3/c1-15(2)19-9-7-17(8-10-19)5-6-18-13-21-20-11-4-16(3)12-22(20)27-24(25)23(21)26-14-18/h4,7-15H,5-6H2,1-3H3,(H2,25,27). The van der Waals surface area contributed by atoms with Crippen molar-refractivity contribution in [2.24, 2.45) is 0 Å². The van der Waals surface area contributed by atoms with Crippen molar-refractivity contribution in [3.05, 3.63) is 77.0 Å². The van der Waals surface area contributed by atoms with Crippen LogP contribution in [0.2, 0.25) is 0 Å². The molecule has 136 valence electrons. The number of fused-ring (bicyclic) bond motifs is 3. The summed E-state index contributed by atoms with van der Waals surface area (Å²) in [6.45, 7) is 6.52. The smallest absolute Gasteiger partial charge is 0.150 e. The van der Waals surface area contributed by atoms with Crippen LogP contribution in [0.15, 0.2) is 54.7 Å². The van der Waals surface area contributed by atoms with E-state index in [0.29, 0.717) is 11.7 Å². The Hall–Kier alpha value is -2.94. The number of hydrogen-bond donors (Lipinski definition) is 1. The zero-order chi connectivity index (χ0) is 19.0. The molecule has 2 heterocycles. The van der Waals surface area contributed by atoms with Crippen molar-refractivity contribution in [2.45, 2.75) is 39.5 Å². The molecule has 0 saturated carbocycles. The second-order valence-corrected chi connectivity index (χ2v) is 7.65. The van der Waals surface area contributed by atoms with Crippen LogP contribution in [-0.4, -0.2) is 9.97 Å². The normalized spacial score (nSPS) is 11.6. The third-order valence-electron chi connectivity index (χ3n) is 5.22. The van der Waals surface area contributed by atoms with Gasteiger partial charge in [0.25, 0.3) is 0 Å². The number of nitrogens with zero attached hydrogens (tertiary/aromatic N) is 2. The molecule has 0 bridgehead atoms. The van der Waals surface area contributed by atoms with Gasteiger partial charge < -0.3 is 5.73 Å². The van der Waals surface area contributed by atoms with Crippen LogP contribution in [-0.2, 0) is 12.8 Å². The van der Waals surface area contributed by atoms with E-state index >= 15 is 0 Å². The average molecular weight is 355 g/mol. The molecule has 2 aromatic carbocycles. The van der Waals surface area contributed by atoms with Crippen molar-refractivity contribution >= 4 is 27.6 Å². The predicted octanol–water partition coefficient (Wildman–Crippen LogP) is 5.58. The molecular formula is C24H25N3. The quantitative estimate of drug-likeness (QED) is 0.486. The Morgan fingerprint density at radius 1 is 0.889 bits per heavy atom. The zero-order valence-corrected chi connectivity index (χ0v) is 16.2. The van der Waals surface area contributed by atoms with Crippen LogP contribution in [0.25, 0.3) is 21.8 Å². The maximum Gasteiger partial charge on any atom is 0.150 e. The van der Waals surface area contributed by atoms with Crippen LogP contribution < -0.4 is 5.73 Å². The van der Waals surface area contributed by atoms with Gasteiger partial charge in [-0.1, -0.05) is 50.2 Å². The Labute approximate surface area is 160 Å². The molecule has 0 aliphatic carbocycles. The maximum absolute atomic E-state index is 6.15. The van der Waals surface area contributed by atoms with Gasteiger partial charge in [0, 0.05) is 17.0 Å². The zero-order valence-electron chi connectivity index (χ0n) is 16.2. The Kier molecular flexibility index (Phi) is 4.53. The van der Waals surface area contributed by atoms with Gasteiger partial charge in [0.2, 0.25) is 0 Å². The van der Waals surface area contributed by atoms with Crippen molar-refractivity contribution < 1.29 is 0 Å². The van der Waals surface area contributed by atoms with E-state index in [4.69, 9.17) is 5.73 Å². The molecule has 3 heteroatoms. The third-order valence-corrected chi connectivity index (χ3v) is 5.22. The number of aryl methyl sites for hydroxylation is 3. The van der Waals surface area contributed by atoms with Gasteiger partial charge in [0.1, 0.15) is 5.52 Å². The van der Waals surface area contributed by atoms with Crippen molar-refractivity contribution in [1.82, 2.24) is 9.97 Å². The number of benzene rings is 2. The summed E-state index contributed by atoms with van der Waals surface area (Å²) in [5.41, 5.74) is 13.0. The molecule has 0 unspecified atom stereocenters. The highest BCUT2D eigenvalue weighted by Gasteiger charge is 2.09. The number of aromatic nitrogens is 2. The summed E-state index contributed by atoms with van der Waals surface area (Å²) in [6.07, 6.45) is 3.89. The average Bonchev–Trinajstić information content (AvgIpc) is 2.66. The van der Waals surface area contributed by atoms with Gasteiger partial charge in [-0.15, -0.1) is 0 Å². The molecule has 0 amide bonds. The fourth-order valence-electron chi connectivity index (χ4n) is 3.56. The summed E-state index contributed by atoms with van der Waals surface area (Å²) in [7, 11) is 0. The number of nitrogens with two attached hydrogens (primary N) is 1. The molecule has 0 radical (unpaired) electrons. The van der Waals surface area contributed by atoms with E-state index in [1.54, 1.807) is 0 Å². The van der Waals surface area contributed by atoms with Crippen LogP contribution in [0.1, 0.15) is 42.0 Å². The Morgan fingerprint density at radius 2 is 1.63 bits per heavy atom. The van der Waals surface area contributed by atoms with Gasteiger partial charge in [-0.3, -0.25) is 4.98 Å². The minimum absolute atomic E-state index is 0.499. The molecule has 0 fully saturated rings. The van der Waals surface area contributed by atoms with Crippen LogP contribution >= 0.6 is 0 Å². The Morgan fingerprint density at radius 3 is 2.37 bits per heavy atom. The van der Waals surface area contributed by atoms with Gasteiger partial charge in [-0.05, 0) is 60.1 Å². The highest BCUT2D eigenvalue weighted by Crippen LogP contribution is 2.28. The molecule has 27 heavy (non-hydrogen) atoms. The molecule has 3 nitrogen and oxygen atoms in total. The molecule has 0 saturated heterocycles. The summed E-state index contributed by atoms with van der Waals surface area (Å²) in [6, 6.07) is 17.5. The van der Waals surface area contributed by atoms with E-state index < -0.39 is 0 Å². The second kappa shape index (κ2) is 6.99. The van der Waals surface area contributed by atoms with E-state index in [9.17, 15) is 0 Å². The van der Waals surface area contributed by atoms with Crippen LogP contribution in [0.5, 0.6) is 0 Å². The molecule has 0 spiro atoms. The first-order valence-corrected chi connectivity index (χ1v) is 9.54. The molecule has 2 aromatic heterocycles. The first kappa shape index (κ1) is 17.5. The maximum atomic E-state index is 6.15. The Balaban J connectivity index is 1.65. The van der Waals surface area contributed by atoms with Crippen LogP contribution in [0.3, 0.4) is 0 Å². The summed E-state index contributed by atoms with van der Waals surface area (Å²) in [4.78, 5) is 9.14. The number of rotatable bonds is 4. The van der Waals surface area contributed by atoms with Crippen LogP contribution in [0.4, 0.5) is 5.82 Å². The van der Waals surface area contributed by atoms with Gasteiger partial charge in [-0.2, -0.15) is 0 Å². The number of hydrogen-bond acceptors (Lipinski definition) is 3. The fourth-order valence-corrected chi connectivity index (χ4v) is 3.56. The molecule has 4 rings (SSSR count). The topological polar surface area (TPSA) is 51.8 Å². The fraction of sp³-hybridized carbons (Fsp3) is 0.250. The van der Waals surface area contributed by atoms with E-state index in [0.717, 1.165) is 34.6 Å². The lowest BCUT2D eigenvalue weighted by Crippen LogP contribution is -1.98. The molecular weight excluding hydrogens is 330 g/mol. The summed E-state index contributed by atoms with van der Waals surface area (Å²) in [5.74, 6) is 1.07. The van der Waals surface area contributed by atoms with E-state index in [2.05, 4.69) is 79.3 Å². The lowest BCUT2D eigenvalue weighted by atomic mass is 9.98.